The van der Waals surface area contributed by atoms with Crippen molar-refractivity contribution in [2.24, 2.45) is 17.8 Å². The summed E-state index contributed by atoms with van der Waals surface area (Å²) in [5, 5.41) is 8.70. The van der Waals surface area contributed by atoms with Gasteiger partial charge in [-0.15, -0.1) is 0 Å². The molecule has 0 saturated carbocycles. The van der Waals surface area contributed by atoms with E-state index in [2.05, 4.69) is 16.0 Å². The highest BCUT2D eigenvalue weighted by molar-refractivity contribution is 5.80. The highest BCUT2D eigenvalue weighted by Gasteiger charge is 2.28. The van der Waals surface area contributed by atoms with Crippen molar-refractivity contribution >= 4 is 17.9 Å². The molecule has 0 radical (unpaired) electrons. The summed E-state index contributed by atoms with van der Waals surface area (Å²) in [6, 6.07) is 9.47. The molecule has 0 fully saturated rings. The van der Waals surface area contributed by atoms with Crippen LogP contribution in [0.15, 0.2) is 30.3 Å². The molecule has 7 heteroatoms. The monoisotopic (exact) mass is 461 g/mol. The van der Waals surface area contributed by atoms with Crippen molar-refractivity contribution in [2.75, 3.05) is 7.05 Å². The van der Waals surface area contributed by atoms with Crippen molar-refractivity contribution in [1.82, 2.24) is 16.0 Å². The number of benzene rings is 1. The number of carbonyl (C=O) groups excluding carboxylic acids is 3. The number of hydrogen-bond donors (Lipinski definition) is 3. The van der Waals surface area contributed by atoms with E-state index < -0.39 is 11.7 Å². The normalized spacial score (nSPS) is 15.2. The first-order chi connectivity index (χ1) is 15.3. The first-order valence-electron chi connectivity index (χ1n) is 11.9. The quantitative estimate of drug-likeness (QED) is 0.463. The van der Waals surface area contributed by atoms with Crippen LogP contribution >= 0.6 is 0 Å². The molecule has 0 aromatic heterocycles. The highest BCUT2D eigenvalue weighted by Crippen LogP contribution is 2.19. The summed E-state index contributed by atoms with van der Waals surface area (Å²) in [4.78, 5) is 37.6. The van der Waals surface area contributed by atoms with Crippen LogP contribution in [0.25, 0.3) is 0 Å². The zero-order chi connectivity index (χ0) is 25.2. The molecule has 3 amide bonds. The van der Waals surface area contributed by atoms with E-state index in [0.717, 1.165) is 5.56 Å². The molecule has 3 N–H and O–H groups in total. The Morgan fingerprint density at radius 2 is 1.52 bits per heavy atom. The molecule has 1 aromatic carbocycles. The number of hydrogen-bond acceptors (Lipinski definition) is 4. The van der Waals surface area contributed by atoms with E-state index in [-0.39, 0.29) is 41.7 Å². The van der Waals surface area contributed by atoms with Gasteiger partial charge in [0.15, 0.2) is 0 Å². The van der Waals surface area contributed by atoms with E-state index in [1.165, 1.54) is 0 Å². The average molecular weight is 462 g/mol. The van der Waals surface area contributed by atoms with Gasteiger partial charge in [0.2, 0.25) is 11.8 Å². The standard InChI is InChI=1S/C26H43N3O4/c1-17(2)22(14-18(3)23(30)27-8)29-24(31)21(16-20-12-10-9-11-13-20)15-19(4)28-25(32)33-26(5,6)7/h9-13,17-19,21-22H,14-16H2,1-8H3,(H,27,30)(H,28,32)(H,29,31)/t18-,19-,21-,22-/m1/s1. The molecule has 7 nitrogen and oxygen atoms in total. The number of ether oxygens (including phenoxy) is 1. The summed E-state index contributed by atoms with van der Waals surface area (Å²) in [7, 11) is 1.62. The number of amides is 3. The third-order valence-corrected chi connectivity index (χ3v) is 5.53. The van der Waals surface area contributed by atoms with Crippen LogP contribution in [0.5, 0.6) is 0 Å². The van der Waals surface area contributed by atoms with Gasteiger partial charge in [-0.25, -0.2) is 4.79 Å². The van der Waals surface area contributed by atoms with Crippen LogP contribution in [-0.4, -0.2) is 42.6 Å². The minimum absolute atomic E-state index is 0.0362. The lowest BCUT2D eigenvalue weighted by Gasteiger charge is -2.29. The first kappa shape index (κ1) is 28.5. The SMILES string of the molecule is CNC(=O)[C@H](C)C[C@@H](NC(=O)[C@@H](Cc1ccccc1)C[C@@H](C)NC(=O)OC(C)(C)C)C(C)C. The Labute approximate surface area is 199 Å². The zero-order valence-electron chi connectivity index (χ0n) is 21.5. The van der Waals surface area contributed by atoms with Gasteiger partial charge in [0.05, 0.1) is 0 Å². The number of rotatable bonds is 11. The van der Waals surface area contributed by atoms with Gasteiger partial charge < -0.3 is 20.7 Å². The van der Waals surface area contributed by atoms with Gasteiger partial charge >= 0.3 is 6.09 Å². The van der Waals surface area contributed by atoms with Crippen molar-refractivity contribution in [2.45, 2.75) is 85.4 Å². The smallest absolute Gasteiger partial charge is 0.407 e. The predicted octanol–water partition coefficient (Wildman–Crippen LogP) is 4.06. The van der Waals surface area contributed by atoms with E-state index >= 15 is 0 Å². The van der Waals surface area contributed by atoms with Crippen LogP contribution in [0.4, 0.5) is 4.79 Å². The molecule has 186 valence electrons. The number of alkyl carbamates (subject to hydrolysis) is 1. The summed E-state index contributed by atoms with van der Waals surface area (Å²) in [5.41, 5.74) is 0.471. The maximum absolute atomic E-state index is 13.4. The molecular formula is C26H43N3O4. The predicted molar refractivity (Wildman–Crippen MR) is 132 cm³/mol. The van der Waals surface area contributed by atoms with Crippen LogP contribution in [-0.2, 0) is 20.7 Å². The summed E-state index contributed by atoms with van der Waals surface area (Å²) < 4.78 is 5.35. The largest absolute Gasteiger partial charge is 0.444 e. The minimum atomic E-state index is -0.587. The lowest BCUT2D eigenvalue weighted by Crippen LogP contribution is -2.46. The van der Waals surface area contributed by atoms with E-state index in [1.54, 1.807) is 7.05 Å². The summed E-state index contributed by atoms with van der Waals surface area (Å²) >= 11 is 0. The second kappa shape index (κ2) is 13.2. The van der Waals surface area contributed by atoms with E-state index in [9.17, 15) is 14.4 Å². The average Bonchev–Trinajstić information content (AvgIpc) is 2.71. The molecule has 0 aliphatic rings. The minimum Gasteiger partial charge on any atom is -0.444 e. The third-order valence-electron chi connectivity index (χ3n) is 5.53. The van der Waals surface area contributed by atoms with Crippen molar-refractivity contribution < 1.29 is 19.1 Å². The van der Waals surface area contributed by atoms with Crippen LogP contribution < -0.4 is 16.0 Å². The van der Waals surface area contributed by atoms with Crippen LogP contribution in [0.3, 0.4) is 0 Å². The summed E-state index contributed by atoms with van der Waals surface area (Å²) in [5.74, 6) is -0.474. The lowest BCUT2D eigenvalue weighted by molar-refractivity contribution is -0.128. The first-order valence-corrected chi connectivity index (χ1v) is 11.9. The van der Waals surface area contributed by atoms with E-state index in [4.69, 9.17) is 4.74 Å². The number of nitrogens with one attached hydrogen (secondary N) is 3. The molecule has 0 unspecified atom stereocenters. The molecule has 0 bridgehead atoms. The summed E-state index contributed by atoms with van der Waals surface area (Å²) in [6.07, 6.45) is 1.10. The second-order valence-electron chi connectivity index (χ2n) is 10.3. The Kier molecular flexibility index (Phi) is 11.4. The van der Waals surface area contributed by atoms with Gasteiger partial charge in [-0.2, -0.15) is 0 Å². The Bertz CT molecular complexity index is 759. The maximum Gasteiger partial charge on any atom is 0.407 e. The van der Waals surface area contributed by atoms with Crippen molar-refractivity contribution in [3.05, 3.63) is 35.9 Å². The van der Waals surface area contributed by atoms with Crippen molar-refractivity contribution in [3.8, 4) is 0 Å². The lowest BCUT2D eigenvalue weighted by atomic mass is 9.89. The Balaban J connectivity index is 2.93. The van der Waals surface area contributed by atoms with Crippen LogP contribution in [0, 0.1) is 17.8 Å². The molecular weight excluding hydrogens is 418 g/mol. The molecule has 33 heavy (non-hydrogen) atoms. The molecule has 0 saturated heterocycles. The topological polar surface area (TPSA) is 96.5 Å². The maximum atomic E-state index is 13.4. The zero-order valence-corrected chi connectivity index (χ0v) is 21.5. The number of carbonyl (C=O) groups is 3. The van der Waals surface area contributed by atoms with Crippen LogP contribution in [0.2, 0.25) is 0 Å². The van der Waals surface area contributed by atoms with E-state index in [1.807, 2.05) is 78.8 Å². The molecule has 0 aliphatic heterocycles. The molecule has 1 rings (SSSR count). The van der Waals surface area contributed by atoms with Crippen molar-refractivity contribution in [3.63, 3.8) is 0 Å². The van der Waals surface area contributed by atoms with Gasteiger partial charge in [-0.05, 0) is 58.4 Å². The molecule has 0 aliphatic carbocycles. The van der Waals surface area contributed by atoms with Crippen molar-refractivity contribution in [1.29, 1.82) is 0 Å². The fourth-order valence-corrected chi connectivity index (χ4v) is 3.71. The second-order valence-corrected chi connectivity index (χ2v) is 10.3. The Morgan fingerprint density at radius 3 is 2.03 bits per heavy atom. The Hall–Kier alpha value is -2.57. The highest BCUT2D eigenvalue weighted by atomic mass is 16.6. The van der Waals surface area contributed by atoms with Crippen LogP contribution in [0.1, 0.15) is 66.9 Å². The Morgan fingerprint density at radius 1 is 0.909 bits per heavy atom. The molecule has 0 heterocycles. The fourth-order valence-electron chi connectivity index (χ4n) is 3.71. The van der Waals surface area contributed by atoms with Gasteiger partial charge in [-0.3, -0.25) is 9.59 Å². The van der Waals surface area contributed by atoms with Gasteiger partial charge in [0.1, 0.15) is 5.60 Å². The van der Waals surface area contributed by atoms with E-state index in [0.29, 0.717) is 19.3 Å². The third kappa shape index (κ3) is 11.2. The van der Waals surface area contributed by atoms with Gasteiger partial charge in [-0.1, -0.05) is 51.1 Å². The summed E-state index contributed by atoms with van der Waals surface area (Å²) in [6.45, 7) is 13.3. The molecule has 1 aromatic rings. The molecule has 0 spiro atoms. The molecule has 4 atom stereocenters. The fraction of sp³-hybridized carbons (Fsp3) is 0.654. The van der Waals surface area contributed by atoms with Gasteiger partial charge in [0.25, 0.3) is 0 Å². The van der Waals surface area contributed by atoms with Gasteiger partial charge in [0, 0.05) is 31.0 Å².